The van der Waals surface area contributed by atoms with Gasteiger partial charge in [-0.2, -0.15) is 0 Å². The zero-order valence-electron chi connectivity index (χ0n) is 11.7. The van der Waals surface area contributed by atoms with Gasteiger partial charge < -0.3 is 21.5 Å². The molecule has 5 N–H and O–H groups in total. The van der Waals surface area contributed by atoms with Crippen molar-refractivity contribution in [3.8, 4) is 0 Å². The molecule has 1 aliphatic carbocycles. The van der Waals surface area contributed by atoms with Crippen molar-refractivity contribution in [1.29, 1.82) is 0 Å². The van der Waals surface area contributed by atoms with Crippen LogP contribution in [0.3, 0.4) is 0 Å². The Kier molecular flexibility index (Phi) is 5.38. The van der Waals surface area contributed by atoms with E-state index in [9.17, 15) is 4.79 Å². The van der Waals surface area contributed by atoms with Crippen LogP contribution < -0.4 is 16.8 Å². The molecule has 1 saturated carbocycles. The summed E-state index contributed by atoms with van der Waals surface area (Å²) in [6.45, 7) is 1.43. The summed E-state index contributed by atoms with van der Waals surface area (Å²) in [4.78, 5) is 10.9. The van der Waals surface area contributed by atoms with Crippen molar-refractivity contribution >= 4 is 11.6 Å². The van der Waals surface area contributed by atoms with E-state index < -0.39 is 5.91 Å². The van der Waals surface area contributed by atoms with Gasteiger partial charge in [-0.05, 0) is 49.9 Å². The number of hydrogen-bond donors (Lipinski definition) is 3. The predicted molar refractivity (Wildman–Crippen MR) is 79.6 cm³/mol. The van der Waals surface area contributed by atoms with E-state index in [1.165, 1.54) is 0 Å². The smallest absolute Gasteiger partial charge is 0.248 e. The number of benzene rings is 1. The number of amides is 1. The third-order valence-electron chi connectivity index (χ3n) is 3.67. The van der Waals surface area contributed by atoms with Crippen LogP contribution in [0, 0.1) is 0 Å². The van der Waals surface area contributed by atoms with Crippen molar-refractivity contribution in [1.82, 2.24) is 0 Å². The summed E-state index contributed by atoms with van der Waals surface area (Å²) in [6, 6.07) is 7.48. The Morgan fingerprint density at radius 3 is 2.45 bits per heavy atom. The average molecular weight is 277 g/mol. The van der Waals surface area contributed by atoms with E-state index in [0.717, 1.165) is 37.9 Å². The fourth-order valence-corrected chi connectivity index (χ4v) is 2.43. The molecule has 1 fully saturated rings. The van der Waals surface area contributed by atoms with E-state index in [-0.39, 0.29) is 0 Å². The minimum Gasteiger partial charge on any atom is -0.383 e. The van der Waals surface area contributed by atoms with Gasteiger partial charge in [0.1, 0.15) is 0 Å². The van der Waals surface area contributed by atoms with E-state index in [0.29, 0.717) is 24.3 Å². The predicted octanol–water partition coefficient (Wildman–Crippen LogP) is 1.48. The first-order chi connectivity index (χ1) is 9.65. The molecule has 2 rings (SSSR count). The molecule has 0 heterocycles. The van der Waals surface area contributed by atoms with Crippen LogP contribution in [0.2, 0.25) is 0 Å². The first kappa shape index (κ1) is 14.8. The quantitative estimate of drug-likeness (QED) is 0.687. The minimum atomic E-state index is -0.407. The number of hydrogen-bond acceptors (Lipinski definition) is 4. The van der Waals surface area contributed by atoms with Gasteiger partial charge in [0.05, 0.1) is 12.7 Å². The molecule has 5 heteroatoms. The Hall–Kier alpha value is -1.59. The maximum Gasteiger partial charge on any atom is 0.248 e. The first-order valence-corrected chi connectivity index (χ1v) is 7.16. The van der Waals surface area contributed by atoms with Crippen molar-refractivity contribution in [2.45, 2.75) is 37.8 Å². The second kappa shape index (κ2) is 7.26. The Balaban J connectivity index is 1.64. The van der Waals surface area contributed by atoms with Crippen molar-refractivity contribution in [3.63, 3.8) is 0 Å². The zero-order valence-corrected chi connectivity index (χ0v) is 11.7. The fourth-order valence-electron chi connectivity index (χ4n) is 2.43. The molecule has 0 aliphatic heterocycles. The van der Waals surface area contributed by atoms with Crippen LogP contribution in [0.5, 0.6) is 0 Å². The van der Waals surface area contributed by atoms with Crippen LogP contribution in [0.25, 0.3) is 0 Å². The highest BCUT2D eigenvalue weighted by Gasteiger charge is 2.18. The Morgan fingerprint density at radius 2 is 1.85 bits per heavy atom. The molecule has 0 aromatic heterocycles. The van der Waals surface area contributed by atoms with Gasteiger partial charge in [0.2, 0.25) is 5.91 Å². The second-order valence-electron chi connectivity index (χ2n) is 5.28. The largest absolute Gasteiger partial charge is 0.383 e. The maximum atomic E-state index is 10.9. The number of carbonyl (C=O) groups is 1. The van der Waals surface area contributed by atoms with Gasteiger partial charge in [0.25, 0.3) is 0 Å². The molecule has 1 aromatic carbocycles. The van der Waals surface area contributed by atoms with Crippen molar-refractivity contribution < 1.29 is 9.53 Å². The number of nitrogens with one attached hydrogen (secondary N) is 1. The molecule has 0 unspecified atom stereocenters. The molecule has 0 bridgehead atoms. The monoisotopic (exact) mass is 277 g/mol. The Labute approximate surface area is 119 Å². The van der Waals surface area contributed by atoms with Gasteiger partial charge in [0.15, 0.2) is 0 Å². The highest BCUT2D eigenvalue weighted by Crippen LogP contribution is 2.19. The molecule has 0 atom stereocenters. The third kappa shape index (κ3) is 4.51. The lowest BCUT2D eigenvalue weighted by Gasteiger charge is -2.26. The number of carbonyl (C=O) groups excluding carboxylic acids is 1. The van der Waals surface area contributed by atoms with E-state index in [4.69, 9.17) is 16.2 Å². The molecule has 1 aromatic rings. The lowest BCUT2D eigenvalue weighted by molar-refractivity contribution is 0.0313. The molecular formula is C15H23N3O2. The van der Waals surface area contributed by atoms with Crippen molar-refractivity contribution in [3.05, 3.63) is 29.8 Å². The topological polar surface area (TPSA) is 90.4 Å². The summed E-state index contributed by atoms with van der Waals surface area (Å²) in [6.07, 6.45) is 4.61. The highest BCUT2D eigenvalue weighted by molar-refractivity contribution is 5.93. The van der Waals surface area contributed by atoms with E-state index in [1.54, 1.807) is 12.1 Å². The molecule has 110 valence electrons. The molecule has 0 spiro atoms. The minimum absolute atomic E-state index is 0.355. The third-order valence-corrected chi connectivity index (χ3v) is 3.67. The summed E-state index contributed by atoms with van der Waals surface area (Å²) in [7, 11) is 0. The van der Waals surface area contributed by atoms with Crippen LogP contribution in [-0.4, -0.2) is 31.2 Å². The van der Waals surface area contributed by atoms with Gasteiger partial charge >= 0.3 is 0 Å². The Morgan fingerprint density at radius 1 is 1.20 bits per heavy atom. The second-order valence-corrected chi connectivity index (χ2v) is 5.28. The van der Waals surface area contributed by atoms with Crippen molar-refractivity contribution in [2.75, 3.05) is 18.5 Å². The van der Waals surface area contributed by atoms with Crippen molar-refractivity contribution in [2.24, 2.45) is 11.5 Å². The molecule has 0 saturated heterocycles. The highest BCUT2D eigenvalue weighted by atomic mass is 16.5. The summed E-state index contributed by atoms with van der Waals surface area (Å²) in [5.74, 6) is -0.407. The number of nitrogens with two attached hydrogens (primary N) is 2. The van der Waals surface area contributed by atoms with Gasteiger partial charge in [-0.15, -0.1) is 0 Å². The lowest BCUT2D eigenvalue weighted by atomic mass is 9.94. The number of anilines is 1. The number of primary amides is 1. The van der Waals surface area contributed by atoms with Crippen LogP contribution in [0.1, 0.15) is 36.0 Å². The molecule has 0 radical (unpaired) electrons. The molecule has 20 heavy (non-hydrogen) atoms. The van der Waals surface area contributed by atoms with E-state index in [1.807, 2.05) is 12.1 Å². The fraction of sp³-hybridized carbons (Fsp3) is 0.533. The maximum absolute atomic E-state index is 10.9. The average Bonchev–Trinajstić information content (AvgIpc) is 2.46. The summed E-state index contributed by atoms with van der Waals surface area (Å²) in [5, 5.41) is 3.26. The molecule has 1 amide bonds. The summed E-state index contributed by atoms with van der Waals surface area (Å²) in [5.41, 5.74) is 12.5. The zero-order chi connectivity index (χ0) is 14.4. The lowest BCUT2D eigenvalue weighted by Crippen LogP contribution is -2.31. The standard InChI is InChI=1S/C15H23N3O2/c16-12-3-7-14(8-4-12)20-10-9-18-13-5-1-11(2-6-13)15(17)19/h1-2,5-6,12,14,18H,3-4,7-10,16H2,(H2,17,19). The summed E-state index contributed by atoms with van der Waals surface area (Å²) < 4.78 is 5.82. The molecule has 1 aliphatic rings. The number of rotatable bonds is 6. The van der Waals surface area contributed by atoms with Gasteiger partial charge in [-0.3, -0.25) is 4.79 Å². The molecule has 5 nitrogen and oxygen atoms in total. The first-order valence-electron chi connectivity index (χ1n) is 7.16. The Bertz CT molecular complexity index is 425. The van der Waals surface area contributed by atoms with Crippen LogP contribution >= 0.6 is 0 Å². The van der Waals surface area contributed by atoms with E-state index in [2.05, 4.69) is 5.32 Å². The van der Waals surface area contributed by atoms with Gasteiger partial charge in [-0.25, -0.2) is 0 Å². The van der Waals surface area contributed by atoms with Gasteiger partial charge in [0, 0.05) is 23.8 Å². The molecular weight excluding hydrogens is 254 g/mol. The number of ether oxygens (including phenoxy) is 1. The van der Waals surface area contributed by atoms with Crippen LogP contribution in [-0.2, 0) is 4.74 Å². The SMILES string of the molecule is NC(=O)c1ccc(NCCOC2CCC(N)CC2)cc1. The summed E-state index contributed by atoms with van der Waals surface area (Å²) >= 11 is 0. The normalized spacial score (nSPS) is 22.4. The van der Waals surface area contributed by atoms with Crippen LogP contribution in [0.15, 0.2) is 24.3 Å². The van der Waals surface area contributed by atoms with Gasteiger partial charge in [-0.1, -0.05) is 0 Å². The van der Waals surface area contributed by atoms with E-state index >= 15 is 0 Å². The van der Waals surface area contributed by atoms with Crippen LogP contribution in [0.4, 0.5) is 5.69 Å².